The number of pyridine rings is 1. The molecule has 0 radical (unpaired) electrons. The molecule has 5 rings (SSSR count). The molecule has 62 heavy (non-hydrogen) atoms. The second kappa shape index (κ2) is 20.0. The van der Waals surface area contributed by atoms with Crippen molar-refractivity contribution in [3.05, 3.63) is 147 Å². The van der Waals surface area contributed by atoms with Gasteiger partial charge in [-0.1, -0.05) is 99.6 Å². The van der Waals surface area contributed by atoms with E-state index in [9.17, 15) is 24.3 Å². The van der Waals surface area contributed by atoms with Crippen molar-refractivity contribution in [1.29, 1.82) is 0 Å². The molecule has 0 bridgehead atoms. The highest BCUT2D eigenvalue weighted by Crippen LogP contribution is 2.42. The fraction of sp³-hybridized carbons (Fsp3) is 0.388. The molecule has 1 heterocycles. The SMILES string of the molecule is COC(=O)C(O)(c1ccccc1)c1cccc(C(=O)NCCCCN(CC(O[Si](C)(C)C(C)(C)C)c2ccc(OCc3ccccc3)c3[nH]c(=O)ccc23)C(=O)OC(C)(C)C)c1. The Balaban J connectivity index is 1.37. The Labute approximate surface area is 365 Å². The van der Waals surface area contributed by atoms with E-state index in [0.717, 1.165) is 16.5 Å². The van der Waals surface area contributed by atoms with E-state index in [1.807, 2.05) is 63.2 Å². The quantitative estimate of drug-likeness (QED) is 0.0472. The van der Waals surface area contributed by atoms with E-state index in [2.05, 4.69) is 44.2 Å². The van der Waals surface area contributed by atoms with E-state index in [4.69, 9.17) is 18.6 Å². The van der Waals surface area contributed by atoms with Crippen LogP contribution in [-0.2, 0) is 30.9 Å². The molecule has 2 unspecified atom stereocenters. The number of methoxy groups -OCH3 is 1. The Morgan fingerprint density at radius 2 is 1.48 bits per heavy atom. The van der Waals surface area contributed by atoms with Crippen LogP contribution in [0.25, 0.3) is 10.9 Å². The van der Waals surface area contributed by atoms with Crippen molar-refractivity contribution in [2.75, 3.05) is 26.7 Å². The average molecular weight is 864 g/mol. The van der Waals surface area contributed by atoms with Gasteiger partial charge >= 0.3 is 12.1 Å². The molecule has 2 amide bonds. The summed E-state index contributed by atoms with van der Waals surface area (Å²) >= 11 is 0. The van der Waals surface area contributed by atoms with Gasteiger partial charge in [0.25, 0.3) is 5.91 Å². The number of hydrogen-bond donors (Lipinski definition) is 3. The number of carbonyl (C=O) groups excluding carboxylic acids is 3. The van der Waals surface area contributed by atoms with Gasteiger partial charge in [0.15, 0.2) is 8.32 Å². The predicted molar refractivity (Wildman–Crippen MR) is 244 cm³/mol. The first-order valence-corrected chi connectivity index (χ1v) is 23.9. The summed E-state index contributed by atoms with van der Waals surface area (Å²) in [4.78, 5) is 57.7. The number of rotatable bonds is 17. The summed E-state index contributed by atoms with van der Waals surface area (Å²) < 4.78 is 24.3. The van der Waals surface area contributed by atoms with Crippen LogP contribution in [0.2, 0.25) is 18.1 Å². The van der Waals surface area contributed by atoms with Crippen LogP contribution in [0.4, 0.5) is 4.79 Å². The lowest BCUT2D eigenvalue weighted by molar-refractivity contribution is -0.158. The predicted octanol–water partition coefficient (Wildman–Crippen LogP) is 9.03. The van der Waals surface area contributed by atoms with Crippen LogP contribution in [0.5, 0.6) is 5.75 Å². The smallest absolute Gasteiger partial charge is 0.410 e. The number of aromatic amines is 1. The molecule has 0 saturated heterocycles. The highest BCUT2D eigenvalue weighted by molar-refractivity contribution is 6.74. The minimum absolute atomic E-state index is 0.156. The zero-order chi connectivity index (χ0) is 45.3. The molecule has 0 aliphatic carbocycles. The molecule has 12 nitrogen and oxygen atoms in total. The van der Waals surface area contributed by atoms with E-state index < -0.39 is 37.7 Å². The van der Waals surface area contributed by atoms with Gasteiger partial charge in [-0.25, -0.2) is 9.59 Å². The molecule has 0 saturated carbocycles. The van der Waals surface area contributed by atoms with E-state index in [0.29, 0.717) is 42.8 Å². The van der Waals surface area contributed by atoms with Gasteiger partial charge in [0.2, 0.25) is 11.2 Å². The molecule has 2 atom stereocenters. The van der Waals surface area contributed by atoms with Crippen molar-refractivity contribution in [3.63, 3.8) is 0 Å². The van der Waals surface area contributed by atoms with E-state index in [1.54, 1.807) is 59.5 Å². The fourth-order valence-corrected chi connectivity index (χ4v) is 8.01. The number of aromatic nitrogens is 1. The summed E-state index contributed by atoms with van der Waals surface area (Å²) in [5, 5.41) is 15.2. The Morgan fingerprint density at radius 3 is 2.13 bits per heavy atom. The number of aliphatic hydroxyl groups is 1. The number of amides is 2. The minimum Gasteiger partial charge on any atom is -0.487 e. The number of esters is 1. The number of fused-ring (bicyclic) bond motifs is 1. The van der Waals surface area contributed by atoms with Crippen molar-refractivity contribution in [2.45, 2.75) is 96.4 Å². The number of nitrogens with one attached hydrogen (secondary N) is 2. The molecule has 0 fully saturated rings. The van der Waals surface area contributed by atoms with Crippen LogP contribution in [0.3, 0.4) is 0 Å². The molecular formula is C49H61N3O9Si. The van der Waals surface area contributed by atoms with Gasteiger partial charge in [0.05, 0.1) is 25.3 Å². The van der Waals surface area contributed by atoms with Gasteiger partial charge in [0, 0.05) is 35.7 Å². The third-order valence-corrected chi connectivity index (χ3v) is 15.6. The molecular weight excluding hydrogens is 803 g/mol. The number of hydrogen-bond acceptors (Lipinski definition) is 9. The van der Waals surface area contributed by atoms with Gasteiger partial charge in [-0.3, -0.25) is 9.59 Å². The lowest BCUT2D eigenvalue weighted by Gasteiger charge is -2.41. The van der Waals surface area contributed by atoms with Crippen molar-refractivity contribution >= 4 is 37.2 Å². The summed E-state index contributed by atoms with van der Waals surface area (Å²) in [6.07, 6.45) is -0.0691. The number of H-pyrrole nitrogens is 1. The first kappa shape index (κ1) is 47.3. The average Bonchev–Trinajstić information content (AvgIpc) is 3.23. The Bertz CT molecular complexity index is 2370. The number of benzene rings is 4. The second-order valence-corrected chi connectivity index (χ2v) is 22.7. The molecule has 3 N–H and O–H groups in total. The minimum atomic E-state index is -2.47. The van der Waals surface area contributed by atoms with Crippen LogP contribution in [-0.4, -0.2) is 73.6 Å². The standard InChI is InChI=1S/C49H61N3O9Si/c1-47(2,3)60-46(56)52(30-17-16-29-50-44(54)35-21-18-24-37(31-35)49(57,45(55)58-7)36-22-14-11-15-23-36)32-41(61-62(8,9)48(4,5)6)38-25-27-40(43-39(38)26-28-42(53)51-43)59-33-34-19-12-10-13-20-34/h10-15,18-28,31,41,57H,16-17,29-30,32-33H2,1-9H3,(H,50,54)(H,51,53). The van der Waals surface area contributed by atoms with Gasteiger partial charge < -0.3 is 38.9 Å². The fourth-order valence-electron chi connectivity index (χ4n) is 6.75. The Hall–Kier alpha value is -5.76. The van der Waals surface area contributed by atoms with Crippen LogP contribution in [0.15, 0.2) is 114 Å². The number of carbonyl (C=O) groups is 3. The largest absolute Gasteiger partial charge is 0.487 e. The molecule has 4 aromatic carbocycles. The monoisotopic (exact) mass is 863 g/mol. The summed E-state index contributed by atoms with van der Waals surface area (Å²) in [5.74, 6) is -0.745. The first-order valence-electron chi connectivity index (χ1n) is 21.0. The van der Waals surface area contributed by atoms with Gasteiger partial charge in [0.1, 0.15) is 18.0 Å². The van der Waals surface area contributed by atoms with E-state index in [-0.39, 0.29) is 40.7 Å². The summed E-state index contributed by atoms with van der Waals surface area (Å²) in [7, 11) is -1.28. The third kappa shape index (κ3) is 11.8. The van der Waals surface area contributed by atoms with E-state index >= 15 is 0 Å². The molecule has 330 valence electrons. The normalized spacial score (nSPS) is 13.5. The third-order valence-electron chi connectivity index (χ3n) is 11.1. The molecule has 1 aromatic heterocycles. The highest BCUT2D eigenvalue weighted by atomic mass is 28.4. The van der Waals surface area contributed by atoms with Crippen molar-refractivity contribution in [2.24, 2.45) is 0 Å². The number of unbranched alkanes of at least 4 members (excludes halogenated alkanes) is 1. The first-order chi connectivity index (χ1) is 29.2. The van der Waals surface area contributed by atoms with Crippen molar-refractivity contribution in [1.82, 2.24) is 15.2 Å². The molecule has 0 aliphatic rings. The van der Waals surface area contributed by atoms with Gasteiger partial charge in [-0.2, -0.15) is 0 Å². The number of nitrogens with zero attached hydrogens (tertiary/aromatic N) is 1. The van der Waals surface area contributed by atoms with E-state index in [1.165, 1.54) is 19.2 Å². The highest BCUT2D eigenvalue weighted by Gasteiger charge is 2.42. The number of ether oxygens (including phenoxy) is 3. The summed E-state index contributed by atoms with van der Waals surface area (Å²) in [5.41, 5.74) is -0.0850. The maximum atomic E-state index is 14.0. The topological polar surface area (TPSA) is 156 Å². The molecule has 0 spiro atoms. The second-order valence-electron chi connectivity index (χ2n) is 17.9. The zero-order valence-electron chi connectivity index (χ0n) is 37.4. The summed E-state index contributed by atoms with van der Waals surface area (Å²) in [6, 6.07) is 31.5. The van der Waals surface area contributed by atoms with Gasteiger partial charge in [-0.05, 0) is 92.7 Å². The van der Waals surface area contributed by atoms with Gasteiger partial charge in [-0.15, -0.1) is 0 Å². The van der Waals surface area contributed by atoms with Crippen molar-refractivity contribution in [3.8, 4) is 5.75 Å². The molecule has 13 heteroatoms. The van der Waals surface area contributed by atoms with Crippen LogP contribution >= 0.6 is 0 Å². The van der Waals surface area contributed by atoms with Crippen LogP contribution in [0.1, 0.15) is 93.1 Å². The summed E-state index contributed by atoms with van der Waals surface area (Å²) in [6.45, 7) is 17.3. The zero-order valence-corrected chi connectivity index (χ0v) is 38.4. The van der Waals surface area contributed by atoms with Crippen molar-refractivity contribution < 1.29 is 38.1 Å². The molecule has 5 aromatic rings. The van der Waals surface area contributed by atoms with Crippen LogP contribution in [0, 0.1) is 0 Å². The Morgan fingerprint density at radius 1 is 0.823 bits per heavy atom. The Kier molecular flexibility index (Phi) is 15.2. The lowest BCUT2D eigenvalue weighted by atomic mass is 9.85. The molecule has 0 aliphatic heterocycles. The lowest BCUT2D eigenvalue weighted by Crippen LogP contribution is -2.46. The maximum Gasteiger partial charge on any atom is 0.410 e. The maximum absolute atomic E-state index is 14.0. The van der Waals surface area contributed by atoms with Crippen LogP contribution < -0.4 is 15.6 Å².